The van der Waals surface area contributed by atoms with E-state index in [0.717, 1.165) is 31.5 Å². The van der Waals surface area contributed by atoms with Crippen LogP contribution in [0.3, 0.4) is 0 Å². The Hall–Kier alpha value is -1.92. The number of aromatic nitrogens is 3. The van der Waals surface area contributed by atoms with Gasteiger partial charge in [0, 0.05) is 18.5 Å². The van der Waals surface area contributed by atoms with Crippen LogP contribution < -0.4 is 5.32 Å². The highest BCUT2D eigenvalue weighted by molar-refractivity contribution is 5.82. The molecule has 3 rings (SSSR count). The van der Waals surface area contributed by atoms with Crippen LogP contribution in [0.15, 0.2) is 6.33 Å². The number of carbonyl (C=O) groups excluding carboxylic acids is 2. The topological polar surface area (TPSA) is 80.1 Å². The van der Waals surface area contributed by atoms with Crippen molar-refractivity contribution in [3.8, 4) is 0 Å². The first-order valence-corrected chi connectivity index (χ1v) is 9.40. The average molecular weight is 347 g/mol. The van der Waals surface area contributed by atoms with Crippen LogP contribution in [0.25, 0.3) is 0 Å². The number of nitrogens with zero attached hydrogens (tertiary/aromatic N) is 4. The van der Waals surface area contributed by atoms with Gasteiger partial charge in [-0.05, 0) is 45.4 Å². The number of amides is 2. The van der Waals surface area contributed by atoms with Crippen molar-refractivity contribution < 1.29 is 9.59 Å². The zero-order valence-electron chi connectivity index (χ0n) is 15.4. The van der Waals surface area contributed by atoms with Gasteiger partial charge >= 0.3 is 0 Å². The van der Waals surface area contributed by atoms with Crippen molar-refractivity contribution in [3.63, 3.8) is 0 Å². The largest absolute Gasteiger partial charge is 0.354 e. The first kappa shape index (κ1) is 17.9. The highest BCUT2D eigenvalue weighted by Crippen LogP contribution is 2.30. The van der Waals surface area contributed by atoms with E-state index < -0.39 is 0 Å². The van der Waals surface area contributed by atoms with Gasteiger partial charge < -0.3 is 10.2 Å². The molecule has 1 N–H and O–H groups in total. The van der Waals surface area contributed by atoms with Gasteiger partial charge in [0.15, 0.2) is 0 Å². The van der Waals surface area contributed by atoms with Gasteiger partial charge in [0.25, 0.3) is 0 Å². The van der Waals surface area contributed by atoms with E-state index >= 15 is 0 Å². The fourth-order valence-corrected chi connectivity index (χ4v) is 3.83. The summed E-state index contributed by atoms with van der Waals surface area (Å²) in [6, 6.07) is 0.0787. The van der Waals surface area contributed by atoms with Crippen molar-refractivity contribution in [2.24, 2.45) is 17.8 Å². The Kier molecular flexibility index (Phi) is 5.39. The molecule has 138 valence electrons. The molecule has 1 saturated carbocycles. The summed E-state index contributed by atoms with van der Waals surface area (Å²) in [6.07, 6.45) is 5.62. The van der Waals surface area contributed by atoms with Crippen LogP contribution in [0.5, 0.6) is 0 Å². The van der Waals surface area contributed by atoms with Gasteiger partial charge in [0.05, 0.1) is 19.0 Å². The second-order valence-electron chi connectivity index (χ2n) is 7.89. The number of hydrogen-bond acceptors (Lipinski definition) is 4. The molecule has 2 heterocycles. The summed E-state index contributed by atoms with van der Waals surface area (Å²) in [6.45, 7) is 7.49. The third-order valence-corrected chi connectivity index (χ3v) is 5.34. The first-order chi connectivity index (χ1) is 11.9. The summed E-state index contributed by atoms with van der Waals surface area (Å²) in [5.74, 6) is 1.41. The molecule has 2 aliphatic rings. The third kappa shape index (κ3) is 4.19. The van der Waals surface area contributed by atoms with Gasteiger partial charge in [0.1, 0.15) is 12.2 Å². The van der Waals surface area contributed by atoms with Gasteiger partial charge in [-0.25, -0.2) is 9.67 Å². The number of hydrogen-bond donors (Lipinski definition) is 1. The lowest BCUT2D eigenvalue weighted by atomic mass is 9.82. The summed E-state index contributed by atoms with van der Waals surface area (Å²) in [5, 5.41) is 7.20. The molecule has 0 radical (unpaired) electrons. The van der Waals surface area contributed by atoms with Crippen LogP contribution in [0.2, 0.25) is 0 Å². The minimum absolute atomic E-state index is 0.0200. The van der Waals surface area contributed by atoms with E-state index in [1.165, 1.54) is 6.33 Å². The van der Waals surface area contributed by atoms with Gasteiger partial charge in [0.2, 0.25) is 11.8 Å². The molecular weight excluding hydrogens is 318 g/mol. The fraction of sp³-hybridized carbons (Fsp3) is 0.778. The number of nitrogens with one attached hydrogen (secondary N) is 1. The number of carbonyl (C=O) groups is 2. The number of rotatable bonds is 3. The molecule has 0 saturated heterocycles. The normalized spacial score (nSPS) is 26.9. The quantitative estimate of drug-likeness (QED) is 0.900. The van der Waals surface area contributed by atoms with Gasteiger partial charge in [-0.15, -0.1) is 0 Å². The molecule has 1 aromatic rings. The monoisotopic (exact) mass is 347 g/mol. The molecular formula is C18H29N5O2. The summed E-state index contributed by atoms with van der Waals surface area (Å²) in [4.78, 5) is 31.8. The van der Waals surface area contributed by atoms with E-state index in [4.69, 9.17) is 0 Å². The smallest absolute Gasteiger partial charge is 0.226 e. The van der Waals surface area contributed by atoms with Gasteiger partial charge in [-0.1, -0.05) is 6.92 Å². The van der Waals surface area contributed by atoms with E-state index in [0.29, 0.717) is 25.6 Å². The molecule has 1 aromatic heterocycles. The predicted molar refractivity (Wildman–Crippen MR) is 93.3 cm³/mol. The molecule has 7 heteroatoms. The average Bonchev–Trinajstić information content (AvgIpc) is 2.91. The maximum absolute atomic E-state index is 13.1. The Morgan fingerprint density at radius 2 is 1.88 bits per heavy atom. The highest BCUT2D eigenvalue weighted by atomic mass is 16.2. The minimum Gasteiger partial charge on any atom is -0.354 e. The lowest BCUT2D eigenvalue weighted by Gasteiger charge is -2.31. The van der Waals surface area contributed by atoms with E-state index in [2.05, 4.69) is 22.3 Å². The Morgan fingerprint density at radius 1 is 1.16 bits per heavy atom. The molecule has 25 heavy (non-hydrogen) atoms. The molecule has 1 fully saturated rings. The summed E-state index contributed by atoms with van der Waals surface area (Å²) >= 11 is 0. The Bertz CT molecular complexity index is 619. The Balaban J connectivity index is 1.76. The van der Waals surface area contributed by atoms with Crippen molar-refractivity contribution in [1.82, 2.24) is 25.0 Å². The summed E-state index contributed by atoms with van der Waals surface area (Å²) in [5.41, 5.74) is 0. The molecule has 0 spiro atoms. The lowest BCUT2D eigenvalue weighted by Crippen LogP contribution is -2.44. The molecule has 0 bridgehead atoms. The van der Waals surface area contributed by atoms with Crippen molar-refractivity contribution in [1.29, 1.82) is 0 Å². The van der Waals surface area contributed by atoms with Crippen LogP contribution in [-0.4, -0.2) is 44.1 Å². The van der Waals surface area contributed by atoms with E-state index in [1.54, 1.807) is 4.68 Å². The maximum Gasteiger partial charge on any atom is 0.226 e. The SMILES string of the molecule is CC1CCC(C(=O)N2Cc3ncnn3CC(C(=O)NC(C)C)C2)CC1. The highest BCUT2D eigenvalue weighted by Gasteiger charge is 2.34. The van der Waals surface area contributed by atoms with Gasteiger partial charge in [-0.2, -0.15) is 5.10 Å². The molecule has 7 nitrogen and oxygen atoms in total. The number of fused-ring (bicyclic) bond motifs is 1. The first-order valence-electron chi connectivity index (χ1n) is 9.40. The standard InChI is InChI=1S/C18H29N5O2/c1-12(2)21-17(24)15-8-22(10-16-19-11-20-23(16)9-15)18(25)14-6-4-13(3)5-7-14/h11-15H,4-10H2,1-3H3,(H,21,24). The van der Waals surface area contributed by atoms with Crippen LogP contribution >= 0.6 is 0 Å². The van der Waals surface area contributed by atoms with Crippen LogP contribution in [0.4, 0.5) is 0 Å². The second kappa shape index (κ2) is 7.54. The molecule has 2 amide bonds. The molecule has 1 aliphatic heterocycles. The van der Waals surface area contributed by atoms with E-state index in [1.807, 2.05) is 18.7 Å². The van der Waals surface area contributed by atoms with Gasteiger partial charge in [-0.3, -0.25) is 9.59 Å². The lowest BCUT2D eigenvalue weighted by molar-refractivity contribution is -0.139. The van der Waals surface area contributed by atoms with Crippen LogP contribution in [0, 0.1) is 17.8 Å². The second-order valence-corrected chi connectivity index (χ2v) is 7.89. The van der Waals surface area contributed by atoms with Crippen LogP contribution in [0.1, 0.15) is 52.3 Å². The van der Waals surface area contributed by atoms with Crippen molar-refractivity contribution >= 4 is 11.8 Å². The Labute approximate surface area is 149 Å². The summed E-state index contributed by atoms with van der Waals surface area (Å²) in [7, 11) is 0. The minimum atomic E-state index is -0.295. The zero-order valence-corrected chi connectivity index (χ0v) is 15.4. The van der Waals surface area contributed by atoms with Crippen molar-refractivity contribution in [2.75, 3.05) is 6.54 Å². The molecule has 1 unspecified atom stereocenters. The third-order valence-electron chi connectivity index (χ3n) is 5.34. The molecule has 0 aromatic carbocycles. The Morgan fingerprint density at radius 3 is 2.56 bits per heavy atom. The predicted octanol–water partition coefficient (Wildman–Crippen LogP) is 1.59. The van der Waals surface area contributed by atoms with E-state index in [-0.39, 0.29) is 29.7 Å². The maximum atomic E-state index is 13.1. The zero-order chi connectivity index (χ0) is 18.0. The fourth-order valence-electron chi connectivity index (χ4n) is 3.83. The summed E-state index contributed by atoms with van der Waals surface area (Å²) < 4.78 is 1.76. The van der Waals surface area contributed by atoms with E-state index in [9.17, 15) is 9.59 Å². The molecule has 1 aliphatic carbocycles. The molecule has 1 atom stereocenters. The van der Waals surface area contributed by atoms with Crippen molar-refractivity contribution in [2.45, 2.75) is 65.6 Å². The van der Waals surface area contributed by atoms with Crippen molar-refractivity contribution in [3.05, 3.63) is 12.2 Å². The van der Waals surface area contributed by atoms with Crippen LogP contribution in [-0.2, 0) is 22.7 Å².